The third-order valence-corrected chi connectivity index (χ3v) is 5.48. The van der Waals surface area contributed by atoms with Crippen molar-refractivity contribution in [2.75, 3.05) is 5.32 Å². The number of halogens is 1. The molecule has 1 N–H and O–H groups in total. The van der Waals surface area contributed by atoms with Gasteiger partial charge in [-0.3, -0.25) is 4.79 Å². The van der Waals surface area contributed by atoms with Crippen LogP contribution in [0.1, 0.15) is 45.4 Å². The summed E-state index contributed by atoms with van der Waals surface area (Å²) in [5.41, 5.74) is 0.691. The van der Waals surface area contributed by atoms with Gasteiger partial charge in [-0.25, -0.2) is 4.68 Å². The van der Waals surface area contributed by atoms with Crippen molar-refractivity contribution in [1.29, 1.82) is 0 Å². The highest BCUT2D eigenvalue weighted by atomic mass is 79.9. The number of hydrogen-bond donors (Lipinski definition) is 1. The van der Waals surface area contributed by atoms with Gasteiger partial charge in [0.05, 0.1) is 10.7 Å². The number of nitrogens with one attached hydrogen (secondary N) is 1. The summed E-state index contributed by atoms with van der Waals surface area (Å²) in [5.74, 6) is 1.34. The molecule has 0 bridgehead atoms. The summed E-state index contributed by atoms with van der Waals surface area (Å²) in [6, 6.07) is 0.354. The number of hydrogen-bond acceptors (Lipinski definition) is 3. The van der Waals surface area contributed by atoms with E-state index < -0.39 is 0 Å². The van der Waals surface area contributed by atoms with Gasteiger partial charge in [-0.2, -0.15) is 5.10 Å². The number of rotatable bonds is 5. The summed E-state index contributed by atoms with van der Waals surface area (Å²) in [5, 5.41) is 7.67. The van der Waals surface area contributed by atoms with Crippen molar-refractivity contribution in [2.45, 2.75) is 58.0 Å². The van der Waals surface area contributed by atoms with Crippen LogP contribution in [-0.2, 0) is 6.54 Å². The zero-order chi connectivity index (χ0) is 14.1. The second-order valence-corrected chi connectivity index (χ2v) is 7.13. The lowest BCUT2D eigenvalue weighted by molar-refractivity contribution is 0.261. The fourth-order valence-corrected chi connectivity index (χ4v) is 3.31. The number of nitrogens with zero attached hydrogens (tertiary/aromatic N) is 2. The lowest BCUT2D eigenvalue weighted by Gasteiger charge is -2.32. The Hall–Kier alpha value is -0.840. The molecule has 0 radical (unpaired) electrons. The predicted octanol–water partition coefficient (Wildman–Crippen LogP) is 3.41. The Balaban J connectivity index is 1.77. The molecule has 1 unspecified atom stereocenters. The molecule has 1 aromatic heterocycles. The molecule has 1 heterocycles. The molecule has 1 atom stereocenters. The number of aromatic nitrogens is 2. The Kier molecular flexibility index (Phi) is 4.15. The Morgan fingerprint density at radius 2 is 2.10 bits per heavy atom. The molecule has 0 saturated heterocycles. The first-order valence-corrected chi connectivity index (χ1v) is 8.46. The fraction of sp³-hybridized carbons (Fsp3) is 0.733. The van der Waals surface area contributed by atoms with Gasteiger partial charge in [0.2, 0.25) is 0 Å². The third-order valence-electron chi connectivity index (χ3n) is 4.88. The predicted molar refractivity (Wildman–Crippen MR) is 84.0 cm³/mol. The monoisotopic (exact) mass is 339 g/mol. The van der Waals surface area contributed by atoms with E-state index >= 15 is 0 Å². The highest BCUT2D eigenvalue weighted by molar-refractivity contribution is 9.10. The summed E-state index contributed by atoms with van der Waals surface area (Å²) >= 11 is 3.46. The van der Waals surface area contributed by atoms with Crippen LogP contribution in [0.3, 0.4) is 0 Å². The largest absolute Gasteiger partial charge is 0.377 e. The van der Waals surface area contributed by atoms with Crippen molar-refractivity contribution in [3.8, 4) is 0 Å². The van der Waals surface area contributed by atoms with E-state index in [2.05, 4.69) is 33.3 Å². The van der Waals surface area contributed by atoms with E-state index in [1.807, 2.05) is 0 Å². The standard InChI is InChI=1S/C15H22BrN3O/c1-10(12-6-3-7-12)18-14-13(16)8-17-19(15(14)20)9-11-4-2-5-11/h8,10-12,18H,2-7,9H2,1H3. The van der Waals surface area contributed by atoms with Gasteiger partial charge in [0.15, 0.2) is 0 Å². The van der Waals surface area contributed by atoms with Crippen molar-refractivity contribution in [1.82, 2.24) is 9.78 Å². The molecular formula is C15H22BrN3O. The van der Waals surface area contributed by atoms with Crippen LogP contribution in [0.2, 0.25) is 0 Å². The molecule has 1 aromatic rings. The van der Waals surface area contributed by atoms with Crippen molar-refractivity contribution >= 4 is 21.6 Å². The maximum atomic E-state index is 12.5. The molecule has 4 nitrogen and oxygen atoms in total. The van der Waals surface area contributed by atoms with Gasteiger partial charge < -0.3 is 5.32 Å². The molecule has 0 aromatic carbocycles. The molecule has 0 aliphatic heterocycles. The van der Waals surface area contributed by atoms with E-state index in [0.29, 0.717) is 23.6 Å². The maximum absolute atomic E-state index is 12.5. The van der Waals surface area contributed by atoms with Crippen molar-refractivity contribution in [3.63, 3.8) is 0 Å². The normalized spacial score (nSPS) is 21.1. The van der Waals surface area contributed by atoms with Crippen molar-refractivity contribution < 1.29 is 0 Å². The molecule has 3 rings (SSSR count). The molecular weight excluding hydrogens is 318 g/mol. The number of anilines is 1. The van der Waals surface area contributed by atoms with Crippen LogP contribution < -0.4 is 10.9 Å². The molecule has 2 aliphatic rings. The van der Waals surface area contributed by atoms with Gasteiger partial charge in [0.25, 0.3) is 5.56 Å². The summed E-state index contributed by atoms with van der Waals surface area (Å²) in [6.07, 6.45) is 9.35. The SMILES string of the molecule is CC(Nc1c(Br)cnn(CC2CCC2)c1=O)C1CCC1. The summed E-state index contributed by atoms with van der Waals surface area (Å²) in [4.78, 5) is 12.5. The van der Waals surface area contributed by atoms with Crippen molar-refractivity contribution in [2.24, 2.45) is 11.8 Å². The van der Waals surface area contributed by atoms with Gasteiger partial charge in [0, 0.05) is 12.6 Å². The van der Waals surface area contributed by atoms with Crippen LogP contribution in [-0.4, -0.2) is 15.8 Å². The van der Waals surface area contributed by atoms with Gasteiger partial charge >= 0.3 is 0 Å². The van der Waals surface area contributed by atoms with E-state index in [-0.39, 0.29) is 5.56 Å². The van der Waals surface area contributed by atoms with E-state index in [9.17, 15) is 4.79 Å². The van der Waals surface area contributed by atoms with Crippen LogP contribution in [0, 0.1) is 11.8 Å². The average molecular weight is 340 g/mol. The first-order chi connectivity index (χ1) is 9.65. The first kappa shape index (κ1) is 14.1. The van der Waals surface area contributed by atoms with E-state index in [1.165, 1.54) is 38.5 Å². The Morgan fingerprint density at radius 1 is 1.40 bits per heavy atom. The molecule has 0 spiro atoms. The second-order valence-electron chi connectivity index (χ2n) is 6.28. The van der Waals surface area contributed by atoms with Crippen LogP contribution in [0.4, 0.5) is 5.69 Å². The first-order valence-electron chi connectivity index (χ1n) is 7.67. The van der Waals surface area contributed by atoms with E-state index in [1.54, 1.807) is 10.9 Å². The molecule has 2 saturated carbocycles. The molecule has 2 fully saturated rings. The second kappa shape index (κ2) is 5.88. The minimum atomic E-state index is 0.0115. The zero-order valence-corrected chi connectivity index (χ0v) is 13.5. The Bertz CT molecular complexity index is 534. The van der Waals surface area contributed by atoms with Gasteiger partial charge in [-0.05, 0) is 60.4 Å². The smallest absolute Gasteiger partial charge is 0.291 e. The van der Waals surface area contributed by atoms with Gasteiger partial charge in [0.1, 0.15) is 5.69 Å². The summed E-state index contributed by atoms with van der Waals surface area (Å²) < 4.78 is 2.41. The maximum Gasteiger partial charge on any atom is 0.291 e. The fourth-order valence-electron chi connectivity index (χ4n) is 2.93. The Morgan fingerprint density at radius 3 is 2.65 bits per heavy atom. The van der Waals surface area contributed by atoms with Gasteiger partial charge in [-0.1, -0.05) is 12.8 Å². The quantitative estimate of drug-likeness (QED) is 0.894. The zero-order valence-electron chi connectivity index (χ0n) is 11.9. The third kappa shape index (κ3) is 2.78. The van der Waals surface area contributed by atoms with E-state index in [4.69, 9.17) is 0 Å². The highest BCUT2D eigenvalue weighted by Gasteiger charge is 2.26. The van der Waals surface area contributed by atoms with Gasteiger partial charge in [-0.15, -0.1) is 0 Å². The van der Waals surface area contributed by atoms with E-state index in [0.717, 1.165) is 11.0 Å². The summed E-state index contributed by atoms with van der Waals surface area (Å²) in [7, 11) is 0. The Labute approximate surface area is 128 Å². The average Bonchev–Trinajstić information content (AvgIpc) is 2.29. The van der Waals surface area contributed by atoms with Crippen LogP contribution >= 0.6 is 15.9 Å². The molecule has 0 amide bonds. The minimum absolute atomic E-state index is 0.0115. The van der Waals surface area contributed by atoms with Crippen LogP contribution in [0.15, 0.2) is 15.5 Å². The molecule has 110 valence electrons. The topological polar surface area (TPSA) is 46.9 Å². The summed E-state index contributed by atoms with van der Waals surface area (Å²) in [6.45, 7) is 2.94. The lowest BCUT2D eigenvalue weighted by Crippen LogP contribution is -2.36. The van der Waals surface area contributed by atoms with Crippen molar-refractivity contribution in [3.05, 3.63) is 21.0 Å². The highest BCUT2D eigenvalue weighted by Crippen LogP contribution is 2.32. The lowest BCUT2D eigenvalue weighted by atomic mass is 9.80. The molecule has 2 aliphatic carbocycles. The molecule has 5 heteroatoms. The molecule has 20 heavy (non-hydrogen) atoms. The minimum Gasteiger partial charge on any atom is -0.377 e. The van der Waals surface area contributed by atoms with Crippen LogP contribution in [0.5, 0.6) is 0 Å². The van der Waals surface area contributed by atoms with Crippen LogP contribution in [0.25, 0.3) is 0 Å².